The topological polar surface area (TPSA) is 68.6 Å². The number of hydrogen-bond acceptors (Lipinski definition) is 1. The Labute approximate surface area is 170 Å². The van der Waals surface area contributed by atoms with Crippen LogP contribution in [-0.4, -0.2) is 11.7 Å². The van der Waals surface area contributed by atoms with Crippen LogP contribution >= 0.6 is 0 Å². The summed E-state index contributed by atoms with van der Waals surface area (Å²) in [6.45, 7) is 3.82. The van der Waals surface area contributed by atoms with Crippen LogP contribution in [0.3, 0.4) is 0 Å². The number of pyridine rings is 2. The van der Waals surface area contributed by atoms with Gasteiger partial charge in [0.05, 0.1) is 11.2 Å². The molecule has 1 aliphatic carbocycles. The molecule has 1 aliphatic rings. The minimum absolute atomic E-state index is 0.0993. The third-order valence-corrected chi connectivity index (χ3v) is 6.13. The molecule has 4 aromatic rings. The second kappa shape index (κ2) is 6.90. The Morgan fingerprint density at radius 3 is 2.38 bits per heavy atom. The van der Waals surface area contributed by atoms with Crippen LogP contribution in [-0.2, 0) is 5.54 Å². The van der Waals surface area contributed by atoms with Crippen LogP contribution in [0, 0.1) is 0 Å². The molecule has 2 aromatic heterocycles. The van der Waals surface area contributed by atoms with E-state index in [-0.39, 0.29) is 5.54 Å². The third-order valence-electron chi connectivity index (χ3n) is 6.13. The number of H-pyrrole nitrogens is 1. The monoisotopic (exact) mass is 381 g/mol. The highest BCUT2D eigenvalue weighted by atomic mass is 14.9. The molecule has 4 heteroatoms. The van der Waals surface area contributed by atoms with Gasteiger partial charge in [-0.3, -0.25) is 0 Å². The highest BCUT2D eigenvalue weighted by Crippen LogP contribution is 2.39. The fourth-order valence-corrected chi connectivity index (χ4v) is 4.21. The molecule has 0 amide bonds. The van der Waals surface area contributed by atoms with Crippen molar-refractivity contribution in [3.63, 3.8) is 0 Å². The van der Waals surface area contributed by atoms with Gasteiger partial charge < -0.3 is 5.73 Å². The summed E-state index contributed by atoms with van der Waals surface area (Å²) in [7, 11) is 0. The molecule has 0 unspecified atom stereocenters. The van der Waals surface area contributed by atoms with E-state index in [0.717, 1.165) is 39.1 Å². The summed E-state index contributed by atoms with van der Waals surface area (Å²) in [5, 5.41) is 1.02. The highest BCUT2D eigenvalue weighted by molar-refractivity contribution is 5.94. The lowest BCUT2D eigenvalue weighted by atomic mass is 9.72. The molecule has 5 N–H and O–H groups in total. The van der Waals surface area contributed by atoms with E-state index in [1.807, 2.05) is 18.3 Å². The second-order valence-corrected chi connectivity index (χ2v) is 7.92. The summed E-state index contributed by atoms with van der Waals surface area (Å²) in [4.78, 5) is 11.3. The van der Waals surface area contributed by atoms with Crippen LogP contribution in [0.5, 0.6) is 0 Å². The number of aromatic amines is 1. The fourth-order valence-electron chi connectivity index (χ4n) is 4.21. The first kappa shape index (κ1) is 17.7. The van der Waals surface area contributed by atoms with Gasteiger partial charge in [0.1, 0.15) is 17.6 Å². The largest absolute Gasteiger partial charge is 0.449 e. The Balaban J connectivity index is 1.70. The lowest BCUT2D eigenvalue weighted by Gasteiger charge is -2.34. The zero-order chi connectivity index (χ0) is 19.8. The van der Waals surface area contributed by atoms with E-state index < -0.39 is 0 Å². The van der Waals surface area contributed by atoms with Gasteiger partial charge in [0, 0.05) is 35.6 Å². The van der Waals surface area contributed by atoms with Crippen LogP contribution in [0.4, 0.5) is 5.82 Å². The molecule has 0 saturated heterocycles. The van der Waals surface area contributed by atoms with Gasteiger partial charge in [0.25, 0.3) is 0 Å². The van der Waals surface area contributed by atoms with Gasteiger partial charge in [0.2, 0.25) is 0 Å². The standard InChI is InChI=1S/C25H22N4/c1-27-24-21-16-20(17-6-3-2-4-7-17)23(29-22(21)12-15-28-24)18-8-10-19(11-9-18)25(26)13-5-14-25/h2-4,6-12,15-16H,1,5,13-14,26H2/p+3. The van der Waals surface area contributed by atoms with Crippen molar-refractivity contribution >= 4 is 23.4 Å². The van der Waals surface area contributed by atoms with E-state index in [9.17, 15) is 0 Å². The molecule has 29 heavy (non-hydrogen) atoms. The molecular weight excluding hydrogens is 356 g/mol. The summed E-state index contributed by atoms with van der Waals surface area (Å²) in [6, 6.07) is 23.5. The van der Waals surface area contributed by atoms with E-state index >= 15 is 0 Å². The molecule has 0 spiro atoms. The van der Waals surface area contributed by atoms with Crippen molar-refractivity contribution in [3.05, 3.63) is 78.5 Å². The average Bonchev–Trinajstić information content (AvgIpc) is 2.77. The first-order valence-electron chi connectivity index (χ1n) is 10.1. The molecule has 2 heterocycles. The Kier molecular flexibility index (Phi) is 4.22. The smallest absolute Gasteiger partial charge is 0.349 e. The SMILES string of the molecule is C=[NH+]c1[nH+]ccc2nc(-c3ccc(C4([NH3+])CCC4)cc3)c(-c3ccccc3)cc12. The molecule has 142 valence electrons. The predicted molar refractivity (Wildman–Crippen MR) is 115 cm³/mol. The number of aromatic nitrogens is 2. The number of benzene rings is 2. The quantitative estimate of drug-likeness (QED) is 0.524. The molecule has 0 bridgehead atoms. The second-order valence-electron chi connectivity index (χ2n) is 7.92. The van der Waals surface area contributed by atoms with E-state index in [1.165, 1.54) is 24.8 Å². The van der Waals surface area contributed by atoms with Gasteiger partial charge >= 0.3 is 5.82 Å². The summed E-state index contributed by atoms with van der Waals surface area (Å²) in [5.74, 6) is 0.859. The van der Waals surface area contributed by atoms with Gasteiger partial charge in [-0.15, -0.1) is 0 Å². The molecule has 5 rings (SSSR count). The van der Waals surface area contributed by atoms with Crippen molar-refractivity contribution in [1.29, 1.82) is 0 Å². The first-order valence-corrected chi connectivity index (χ1v) is 10.1. The van der Waals surface area contributed by atoms with Crippen LogP contribution in [0.25, 0.3) is 33.3 Å². The Morgan fingerprint density at radius 1 is 0.966 bits per heavy atom. The summed E-state index contributed by atoms with van der Waals surface area (Å²) < 4.78 is 0. The highest BCUT2D eigenvalue weighted by Gasteiger charge is 2.38. The van der Waals surface area contributed by atoms with Crippen molar-refractivity contribution in [3.8, 4) is 22.4 Å². The van der Waals surface area contributed by atoms with Gasteiger partial charge in [-0.1, -0.05) is 54.6 Å². The first-order chi connectivity index (χ1) is 14.2. The predicted octanol–water partition coefficient (Wildman–Crippen LogP) is 2.42. The van der Waals surface area contributed by atoms with Crippen LogP contribution in [0.1, 0.15) is 24.8 Å². The van der Waals surface area contributed by atoms with E-state index in [4.69, 9.17) is 4.98 Å². The van der Waals surface area contributed by atoms with Gasteiger partial charge in [-0.05, 0) is 18.1 Å². The average molecular weight is 382 g/mol. The van der Waals surface area contributed by atoms with Crippen LogP contribution < -0.4 is 15.7 Å². The van der Waals surface area contributed by atoms with Crippen LogP contribution in [0.2, 0.25) is 0 Å². The molecule has 4 nitrogen and oxygen atoms in total. The number of rotatable bonds is 4. The van der Waals surface area contributed by atoms with E-state index in [1.54, 1.807) is 0 Å². The van der Waals surface area contributed by atoms with Gasteiger partial charge in [-0.25, -0.2) is 4.98 Å². The Bertz CT molecular complexity index is 1190. The van der Waals surface area contributed by atoms with Crippen molar-refractivity contribution in [1.82, 2.24) is 4.98 Å². The zero-order valence-corrected chi connectivity index (χ0v) is 16.4. The van der Waals surface area contributed by atoms with Crippen molar-refractivity contribution in [2.75, 3.05) is 0 Å². The Morgan fingerprint density at radius 2 is 1.72 bits per heavy atom. The maximum atomic E-state index is 5.05. The summed E-state index contributed by atoms with van der Waals surface area (Å²) in [5.41, 5.74) is 11.2. The molecule has 0 radical (unpaired) electrons. The van der Waals surface area contributed by atoms with Gasteiger partial charge in [0.15, 0.2) is 6.20 Å². The molecular formula is C25H25N4+3. The Hall–Kier alpha value is -3.37. The lowest BCUT2D eigenvalue weighted by molar-refractivity contribution is -0.509. The summed E-state index contributed by atoms with van der Waals surface area (Å²) in [6.07, 6.45) is 5.51. The van der Waals surface area contributed by atoms with Crippen LogP contribution in [0.15, 0.2) is 72.9 Å². The minimum Gasteiger partial charge on any atom is -0.349 e. The number of nitrogens with zero attached hydrogens (tertiary/aromatic N) is 1. The zero-order valence-electron chi connectivity index (χ0n) is 16.4. The fraction of sp³-hybridized carbons (Fsp3) is 0.160. The maximum absolute atomic E-state index is 5.05. The number of hydrogen-bond donors (Lipinski definition) is 2. The summed E-state index contributed by atoms with van der Waals surface area (Å²) >= 11 is 0. The third kappa shape index (κ3) is 3.02. The lowest BCUT2D eigenvalue weighted by Crippen LogP contribution is -2.73. The molecule has 2 aromatic carbocycles. The number of quaternary nitrogens is 1. The number of fused-ring (bicyclic) bond motifs is 1. The number of nitrogens with one attached hydrogen (secondary N) is 2. The van der Waals surface area contributed by atoms with E-state index in [2.05, 4.69) is 77.0 Å². The van der Waals surface area contributed by atoms with Crippen molar-refractivity contribution < 1.29 is 15.7 Å². The molecule has 1 saturated carbocycles. The molecule has 0 aliphatic heterocycles. The van der Waals surface area contributed by atoms with Gasteiger partial charge in [-0.2, -0.15) is 9.98 Å². The minimum atomic E-state index is 0.0993. The molecule has 0 atom stereocenters. The van der Waals surface area contributed by atoms with Crippen molar-refractivity contribution in [2.24, 2.45) is 0 Å². The maximum Gasteiger partial charge on any atom is 0.449 e. The molecule has 1 fully saturated rings. The van der Waals surface area contributed by atoms with E-state index in [0.29, 0.717) is 0 Å². The van der Waals surface area contributed by atoms with Crippen molar-refractivity contribution in [2.45, 2.75) is 24.8 Å². The normalized spacial score (nSPS) is 15.1.